The first-order chi connectivity index (χ1) is 11.8. The van der Waals surface area contributed by atoms with Crippen molar-refractivity contribution in [1.29, 1.82) is 0 Å². The van der Waals surface area contributed by atoms with E-state index in [0.29, 0.717) is 11.4 Å². The minimum absolute atomic E-state index is 0.247. The molecule has 0 fully saturated rings. The lowest BCUT2D eigenvalue weighted by Gasteiger charge is -2.16. The van der Waals surface area contributed by atoms with Crippen molar-refractivity contribution in [2.75, 3.05) is 29.6 Å². The number of anilines is 3. The molecule has 2 aromatic carbocycles. The topological polar surface area (TPSA) is 61.4 Å². The number of nitrogens with zero attached hydrogens (tertiary/aromatic N) is 1. The van der Waals surface area contributed by atoms with Crippen molar-refractivity contribution in [1.82, 2.24) is 0 Å². The van der Waals surface area contributed by atoms with E-state index in [9.17, 15) is 9.59 Å². The highest BCUT2D eigenvalue weighted by atomic mass is 16.2. The Bertz CT molecular complexity index is 765. The van der Waals surface area contributed by atoms with Crippen molar-refractivity contribution in [2.45, 2.75) is 26.7 Å². The molecule has 2 amide bonds. The Morgan fingerprint density at radius 3 is 2.08 bits per heavy atom. The maximum absolute atomic E-state index is 12.3. The molecule has 0 heterocycles. The van der Waals surface area contributed by atoms with Crippen molar-refractivity contribution in [3.8, 4) is 0 Å². The summed E-state index contributed by atoms with van der Waals surface area (Å²) in [6, 6.07) is 13.1. The van der Waals surface area contributed by atoms with Gasteiger partial charge in [0.25, 0.3) is 0 Å². The second-order valence-electron chi connectivity index (χ2n) is 6.54. The van der Waals surface area contributed by atoms with Crippen LogP contribution in [0.5, 0.6) is 0 Å². The van der Waals surface area contributed by atoms with E-state index in [1.54, 1.807) is 12.1 Å². The molecule has 5 nitrogen and oxygen atoms in total. The van der Waals surface area contributed by atoms with Crippen LogP contribution in [0, 0.1) is 6.92 Å². The van der Waals surface area contributed by atoms with Crippen LogP contribution in [0.25, 0.3) is 0 Å². The summed E-state index contributed by atoms with van der Waals surface area (Å²) < 4.78 is 0. The Hall–Kier alpha value is -2.82. The molecule has 0 aromatic heterocycles. The second-order valence-corrected chi connectivity index (χ2v) is 6.54. The van der Waals surface area contributed by atoms with Crippen LogP contribution in [0.4, 0.5) is 17.1 Å². The lowest BCUT2D eigenvalue weighted by atomic mass is 9.98. The molecule has 2 N–H and O–H groups in total. The fourth-order valence-corrected chi connectivity index (χ4v) is 2.54. The third-order valence-corrected chi connectivity index (χ3v) is 4.01. The average Bonchev–Trinajstić information content (AvgIpc) is 2.56. The van der Waals surface area contributed by atoms with Gasteiger partial charge >= 0.3 is 11.8 Å². The molecule has 0 aliphatic heterocycles. The van der Waals surface area contributed by atoms with Crippen molar-refractivity contribution in [2.24, 2.45) is 0 Å². The summed E-state index contributed by atoms with van der Waals surface area (Å²) in [5, 5.41) is 5.38. The number of hydrogen-bond donors (Lipinski definition) is 2. The van der Waals surface area contributed by atoms with Crippen molar-refractivity contribution in [3.05, 3.63) is 53.6 Å². The van der Waals surface area contributed by atoms with Gasteiger partial charge in [0.1, 0.15) is 0 Å². The highest BCUT2D eigenvalue weighted by Crippen LogP contribution is 2.27. The Morgan fingerprint density at radius 1 is 0.920 bits per heavy atom. The predicted octanol–water partition coefficient (Wildman–Crippen LogP) is 3.76. The van der Waals surface area contributed by atoms with Gasteiger partial charge < -0.3 is 15.5 Å². The minimum Gasteiger partial charge on any atom is -0.378 e. The van der Waals surface area contributed by atoms with Gasteiger partial charge in [0, 0.05) is 31.2 Å². The maximum atomic E-state index is 12.3. The van der Waals surface area contributed by atoms with Gasteiger partial charge in [-0.05, 0) is 48.2 Å². The van der Waals surface area contributed by atoms with Gasteiger partial charge in [-0.1, -0.05) is 32.0 Å². The zero-order chi connectivity index (χ0) is 18.6. The first kappa shape index (κ1) is 18.5. The number of hydrogen-bond acceptors (Lipinski definition) is 3. The summed E-state index contributed by atoms with van der Waals surface area (Å²) in [6.07, 6.45) is 0. The molecule has 132 valence electrons. The van der Waals surface area contributed by atoms with Gasteiger partial charge in [-0.25, -0.2) is 0 Å². The first-order valence-electron chi connectivity index (χ1n) is 8.29. The fourth-order valence-electron chi connectivity index (χ4n) is 2.54. The number of para-hydroxylation sites is 1. The van der Waals surface area contributed by atoms with Gasteiger partial charge in [0.05, 0.1) is 0 Å². The Labute approximate surface area is 149 Å². The Morgan fingerprint density at radius 2 is 1.52 bits per heavy atom. The van der Waals surface area contributed by atoms with E-state index in [-0.39, 0.29) is 5.92 Å². The smallest absolute Gasteiger partial charge is 0.314 e. The lowest BCUT2D eigenvalue weighted by Crippen LogP contribution is -2.29. The van der Waals surface area contributed by atoms with E-state index in [4.69, 9.17) is 0 Å². The molecular weight excluding hydrogens is 314 g/mol. The molecule has 0 spiro atoms. The standard InChI is InChI=1S/C20H25N3O2/c1-13(2)17-8-6-7-14(3)18(17)22-20(25)19(24)21-15-9-11-16(12-10-15)23(4)5/h6-13H,1-5H3,(H,21,24)(H,22,25). The summed E-state index contributed by atoms with van der Waals surface area (Å²) in [7, 11) is 3.88. The van der Waals surface area contributed by atoms with Crippen molar-refractivity contribution in [3.63, 3.8) is 0 Å². The molecule has 0 bridgehead atoms. The number of benzene rings is 2. The summed E-state index contributed by atoms with van der Waals surface area (Å²) in [6.45, 7) is 6.02. The molecule has 2 aromatic rings. The van der Waals surface area contributed by atoms with Crippen molar-refractivity contribution < 1.29 is 9.59 Å². The minimum atomic E-state index is -0.685. The summed E-state index contributed by atoms with van der Waals surface area (Å²) in [5.74, 6) is -1.11. The molecule has 0 saturated carbocycles. The first-order valence-corrected chi connectivity index (χ1v) is 8.29. The van der Waals surface area contributed by atoms with Crippen LogP contribution in [-0.4, -0.2) is 25.9 Å². The fraction of sp³-hybridized carbons (Fsp3) is 0.300. The predicted molar refractivity (Wildman–Crippen MR) is 103 cm³/mol. The van der Waals surface area contributed by atoms with Gasteiger partial charge in [-0.3, -0.25) is 9.59 Å². The molecule has 0 unspecified atom stereocenters. The van der Waals surface area contributed by atoms with Crippen LogP contribution in [0.2, 0.25) is 0 Å². The van der Waals surface area contributed by atoms with Crippen LogP contribution < -0.4 is 15.5 Å². The van der Waals surface area contributed by atoms with Crippen molar-refractivity contribution >= 4 is 28.9 Å². The molecule has 25 heavy (non-hydrogen) atoms. The number of rotatable bonds is 4. The number of amides is 2. The van der Waals surface area contributed by atoms with E-state index in [1.807, 2.05) is 56.3 Å². The van der Waals surface area contributed by atoms with Crippen LogP contribution in [0.3, 0.4) is 0 Å². The Kier molecular flexibility index (Phi) is 5.80. The number of nitrogens with one attached hydrogen (secondary N) is 2. The summed E-state index contributed by atoms with van der Waals surface area (Å²) in [5.41, 5.74) is 4.25. The molecular formula is C20H25N3O2. The highest BCUT2D eigenvalue weighted by molar-refractivity contribution is 6.43. The molecule has 0 aliphatic carbocycles. The summed E-state index contributed by atoms with van der Waals surface area (Å²) >= 11 is 0. The highest BCUT2D eigenvalue weighted by Gasteiger charge is 2.18. The molecule has 0 saturated heterocycles. The molecule has 0 atom stereocenters. The zero-order valence-corrected chi connectivity index (χ0v) is 15.4. The van der Waals surface area contributed by atoms with E-state index in [2.05, 4.69) is 24.5 Å². The maximum Gasteiger partial charge on any atom is 0.314 e. The number of aryl methyl sites for hydroxylation is 1. The monoisotopic (exact) mass is 339 g/mol. The molecule has 0 aliphatic rings. The van der Waals surface area contributed by atoms with E-state index in [0.717, 1.165) is 16.8 Å². The third kappa shape index (κ3) is 4.59. The average molecular weight is 339 g/mol. The Balaban J connectivity index is 2.10. The van der Waals surface area contributed by atoms with Gasteiger partial charge in [-0.15, -0.1) is 0 Å². The summed E-state index contributed by atoms with van der Waals surface area (Å²) in [4.78, 5) is 26.4. The lowest BCUT2D eigenvalue weighted by molar-refractivity contribution is -0.133. The molecule has 5 heteroatoms. The molecule has 0 radical (unpaired) electrons. The van der Waals surface area contributed by atoms with Gasteiger partial charge in [0.2, 0.25) is 0 Å². The van der Waals surface area contributed by atoms with Gasteiger partial charge in [0.15, 0.2) is 0 Å². The zero-order valence-electron chi connectivity index (χ0n) is 15.4. The van der Waals surface area contributed by atoms with E-state index >= 15 is 0 Å². The van der Waals surface area contributed by atoms with Crippen LogP contribution in [0.1, 0.15) is 30.9 Å². The number of carbonyl (C=O) groups is 2. The van der Waals surface area contributed by atoms with Crippen LogP contribution >= 0.6 is 0 Å². The largest absolute Gasteiger partial charge is 0.378 e. The number of carbonyl (C=O) groups excluding carboxylic acids is 2. The normalized spacial score (nSPS) is 10.5. The van der Waals surface area contributed by atoms with E-state index in [1.165, 1.54) is 0 Å². The second kappa shape index (κ2) is 7.83. The SMILES string of the molecule is Cc1cccc(C(C)C)c1NC(=O)C(=O)Nc1ccc(N(C)C)cc1. The van der Waals surface area contributed by atoms with Gasteiger partial charge in [-0.2, -0.15) is 0 Å². The van der Waals surface area contributed by atoms with E-state index < -0.39 is 11.8 Å². The van der Waals surface area contributed by atoms with Crippen LogP contribution in [-0.2, 0) is 9.59 Å². The van der Waals surface area contributed by atoms with Crippen LogP contribution in [0.15, 0.2) is 42.5 Å². The molecule has 2 rings (SSSR count). The third-order valence-electron chi connectivity index (χ3n) is 4.01. The quantitative estimate of drug-likeness (QED) is 0.834.